The van der Waals surface area contributed by atoms with Gasteiger partial charge in [0.2, 0.25) is 0 Å². The van der Waals surface area contributed by atoms with Crippen molar-refractivity contribution in [2.75, 3.05) is 0 Å². The maximum Gasteiger partial charge on any atom is 0.123 e. The van der Waals surface area contributed by atoms with Crippen molar-refractivity contribution in [1.29, 1.82) is 0 Å². The van der Waals surface area contributed by atoms with E-state index in [0.717, 1.165) is 11.3 Å². The third kappa shape index (κ3) is 2.82. The smallest absolute Gasteiger partial charge is 0.123 e. The molecule has 0 fully saturated rings. The van der Waals surface area contributed by atoms with Gasteiger partial charge in [-0.25, -0.2) is 4.39 Å². The summed E-state index contributed by atoms with van der Waals surface area (Å²) in [5.74, 6) is -0.229. The molecule has 0 bridgehead atoms. The molecule has 0 aliphatic heterocycles. The molecule has 1 rings (SSSR count). The Bertz CT molecular complexity index is 340. The summed E-state index contributed by atoms with van der Waals surface area (Å²) >= 11 is 0. The summed E-state index contributed by atoms with van der Waals surface area (Å²) in [6, 6.07) is 6.42. The van der Waals surface area contributed by atoms with E-state index in [2.05, 4.69) is 4.99 Å². The van der Waals surface area contributed by atoms with Crippen molar-refractivity contribution in [3.63, 3.8) is 0 Å². The van der Waals surface area contributed by atoms with Crippen LogP contribution >= 0.6 is 0 Å². The van der Waals surface area contributed by atoms with Crippen LogP contribution in [-0.2, 0) is 0 Å². The lowest BCUT2D eigenvalue weighted by Crippen LogP contribution is -1.93. The van der Waals surface area contributed by atoms with E-state index in [1.165, 1.54) is 12.1 Å². The Morgan fingerprint density at radius 3 is 2.85 bits per heavy atom. The van der Waals surface area contributed by atoms with E-state index in [4.69, 9.17) is 0 Å². The minimum Gasteiger partial charge on any atom is -0.261 e. The molecule has 0 aliphatic carbocycles. The number of rotatable bonds is 2. The summed E-state index contributed by atoms with van der Waals surface area (Å²) in [6.45, 7) is 3.75. The average Bonchev–Trinajstić information content (AvgIpc) is 2.14. The van der Waals surface area contributed by atoms with Gasteiger partial charge in [-0.15, -0.1) is 0 Å². The van der Waals surface area contributed by atoms with Gasteiger partial charge in [0.15, 0.2) is 0 Å². The molecule has 1 aromatic rings. The molecule has 1 aromatic carbocycles. The maximum absolute atomic E-state index is 12.8. The molecule has 0 atom stereocenters. The first-order valence-electron chi connectivity index (χ1n) is 4.15. The first-order valence-corrected chi connectivity index (χ1v) is 4.15. The molecular weight excluding hydrogens is 165 g/mol. The molecular formula is C11H12FN. The fourth-order valence-corrected chi connectivity index (χ4v) is 0.974. The number of benzene rings is 1. The van der Waals surface area contributed by atoms with Gasteiger partial charge >= 0.3 is 0 Å². The van der Waals surface area contributed by atoms with Crippen LogP contribution in [0.3, 0.4) is 0 Å². The van der Waals surface area contributed by atoms with Crippen LogP contribution in [0.15, 0.2) is 41.5 Å². The SMILES string of the molecule is C/C=C/N=C(C)c1cccc(F)c1. The molecule has 0 unspecified atom stereocenters. The Labute approximate surface area is 77.6 Å². The van der Waals surface area contributed by atoms with Crippen LogP contribution in [0.4, 0.5) is 4.39 Å². The van der Waals surface area contributed by atoms with Gasteiger partial charge in [0, 0.05) is 11.9 Å². The van der Waals surface area contributed by atoms with Gasteiger partial charge in [-0.1, -0.05) is 18.2 Å². The van der Waals surface area contributed by atoms with Gasteiger partial charge in [-0.3, -0.25) is 4.99 Å². The Morgan fingerprint density at radius 1 is 1.46 bits per heavy atom. The molecule has 0 heterocycles. The number of hydrogen-bond acceptors (Lipinski definition) is 1. The third-order valence-electron chi connectivity index (χ3n) is 1.66. The minimum atomic E-state index is -0.229. The predicted octanol–water partition coefficient (Wildman–Crippen LogP) is 3.17. The van der Waals surface area contributed by atoms with Gasteiger partial charge in [0.25, 0.3) is 0 Å². The summed E-state index contributed by atoms with van der Waals surface area (Å²) in [5, 5.41) is 0. The lowest BCUT2D eigenvalue weighted by molar-refractivity contribution is 0.627. The van der Waals surface area contributed by atoms with Crippen molar-refractivity contribution < 1.29 is 4.39 Å². The van der Waals surface area contributed by atoms with E-state index >= 15 is 0 Å². The van der Waals surface area contributed by atoms with Gasteiger partial charge in [0.05, 0.1) is 0 Å². The van der Waals surface area contributed by atoms with Crippen LogP contribution in [-0.4, -0.2) is 5.71 Å². The van der Waals surface area contributed by atoms with Crippen molar-refractivity contribution in [2.45, 2.75) is 13.8 Å². The fourth-order valence-electron chi connectivity index (χ4n) is 0.974. The molecule has 0 amide bonds. The second-order valence-corrected chi connectivity index (χ2v) is 2.71. The maximum atomic E-state index is 12.8. The van der Waals surface area contributed by atoms with Crippen LogP contribution in [0.2, 0.25) is 0 Å². The van der Waals surface area contributed by atoms with E-state index in [1.54, 1.807) is 12.3 Å². The van der Waals surface area contributed by atoms with Gasteiger partial charge < -0.3 is 0 Å². The zero-order chi connectivity index (χ0) is 9.68. The zero-order valence-electron chi connectivity index (χ0n) is 7.79. The van der Waals surface area contributed by atoms with Crippen molar-refractivity contribution >= 4 is 5.71 Å². The second kappa shape index (κ2) is 4.55. The van der Waals surface area contributed by atoms with E-state index in [-0.39, 0.29) is 5.82 Å². The van der Waals surface area contributed by atoms with Crippen molar-refractivity contribution in [3.8, 4) is 0 Å². The van der Waals surface area contributed by atoms with Crippen molar-refractivity contribution in [1.82, 2.24) is 0 Å². The van der Waals surface area contributed by atoms with Crippen LogP contribution in [0, 0.1) is 5.82 Å². The molecule has 13 heavy (non-hydrogen) atoms. The number of nitrogens with zero attached hydrogens (tertiary/aromatic N) is 1. The predicted molar refractivity (Wildman–Crippen MR) is 53.4 cm³/mol. The van der Waals surface area contributed by atoms with E-state index in [0.29, 0.717) is 0 Å². The number of aliphatic imine (C=N–C) groups is 1. The van der Waals surface area contributed by atoms with Crippen LogP contribution in [0.1, 0.15) is 19.4 Å². The van der Waals surface area contributed by atoms with Crippen LogP contribution in [0.25, 0.3) is 0 Å². The first-order chi connectivity index (χ1) is 6.24. The Morgan fingerprint density at radius 2 is 2.23 bits per heavy atom. The molecule has 0 radical (unpaired) electrons. The van der Waals surface area contributed by atoms with Crippen molar-refractivity contribution in [2.24, 2.45) is 4.99 Å². The monoisotopic (exact) mass is 177 g/mol. The normalized spacial score (nSPS) is 12.4. The Kier molecular flexibility index (Phi) is 3.38. The van der Waals surface area contributed by atoms with Gasteiger partial charge in [-0.2, -0.15) is 0 Å². The highest BCUT2D eigenvalue weighted by Gasteiger charge is 1.96. The average molecular weight is 177 g/mol. The third-order valence-corrected chi connectivity index (χ3v) is 1.66. The van der Waals surface area contributed by atoms with Crippen molar-refractivity contribution in [3.05, 3.63) is 47.9 Å². The van der Waals surface area contributed by atoms with Crippen LogP contribution in [0.5, 0.6) is 0 Å². The highest BCUT2D eigenvalue weighted by molar-refractivity contribution is 5.98. The van der Waals surface area contributed by atoms with E-state index in [1.807, 2.05) is 26.0 Å². The number of halogens is 1. The summed E-state index contributed by atoms with van der Waals surface area (Å²) < 4.78 is 12.8. The second-order valence-electron chi connectivity index (χ2n) is 2.71. The first kappa shape index (κ1) is 9.65. The van der Waals surface area contributed by atoms with Gasteiger partial charge in [-0.05, 0) is 31.5 Å². The largest absolute Gasteiger partial charge is 0.261 e. The minimum absolute atomic E-state index is 0.229. The molecule has 2 heteroatoms. The van der Waals surface area contributed by atoms with Crippen LogP contribution < -0.4 is 0 Å². The molecule has 0 aliphatic rings. The highest BCUT2D eigenvalue weighted by Crippen LogP contribution is 2.05. The molecule has 0 N–H and O–H groups in total. The summed E-state index contributed by atoms with van der Waals surface area (Å²) in [6.07, 6.45) is 3.53. The topological polar surface area (TPSA) is 12.4 Å². The molecule has 0 spiro atoms. The standard InChI is InChI=1S/C11H12FN/c1-3-7-13-9(2)10-5-4-6-11(12)8-10/h3-8H,1-2H3/b7-3+,13-9?. The molecule has 0 saturated carbocycles. The summed E-state index contributed by atoms with van der Waals surface area (Å²) in [7, 11) is 0. The molecule has 0 aromatic heterocycles. The summed E-state index contributed by atoms with van der Waals surface area (Å²) in [5.41, 5.74) is 1.63. The molecule has 68 valence electrons. The molecule has 1 nitrogen and oxygen atoms in total. The quantitative estimate of drug-likeness (QED) is 0.615. The fraction of sp³-hybridized carbons (Fsp3) is 0.182. The lowest BCUT2D eigenvalue weighted by Gasteiger charge is -1.98. The molecule has 0 saturated heterocycles. The van der Waals surface area contributed by atoms with E-state index < -0.39 is 0 Å². The highest BCUT2D eigenvalue weighted by atomic mass is 19.1. The Hall–Kier alpha value is -1.44. The van der Waals surface area contributed by atoms with Gasteiger partial charge in [0.1, 0.15) is 5.82 Å². The van der Waals surface area contributed by atoms with E-state index in [9.17, 15) is 4.39 Å². The number of hydrogen-bond donors (Lipinski definition) is 0. The lowest BCUT2D eigenvalue weighted by atomic mass is 10.1. The number of allylic oxidation sites excluding steroid dienone is 1. The zero-order valence-corrected chi connectivity index (χ0v) is 7.79. The summed E-state index contributed by atoms with van der Waals surface area (Å²) in [4.78, 5) is 4.12. The Balaban J connectivity index is 2.94.